The first-order valence-electron chi connectivity index (χ1n) is 8.07. The maximum absolute atomic E-state index is 10.8. The zero-order valence-electron chi connectivity index (χ0n) is 13.1. The number of benzene rings is 1. The normalized spacial score (nSPS) is 17.6. The van der Waals surface area contributed by atoms with E-state index in [9.17, 15) is 5.11 Å². The fraction of sp³-hybridized carbons (Fsp3) is 0.412. The van der Waals surface area contributed by atoms with Gasteiger partial charge in [-0.05, 0) is 30.0 Å². The van der Waals surface area contributed by atoms with Crippen LogP contribution < -0.4 is 10.6 Å². The largest absolute Gasteiger partial charge is 0.376 e. The van der Waals surface area contributed by atoms with Gasteiger partial charge < -0.3 is 10.4 Å². The van der Waals surface area contributed by atoms with Gasteiger partial charge in [-0.3, -0.25) is 5.32 Å². The fourth-order valence-corrected chi connectivity index (χ4v) is 3.31. The van der Waals surface area contributed by atoms with Gasteiger partial charge >= 0.3 is 0 Å². The maximum atomic E-state index is 10.8. The second kappa shape index (κ2) is 8.12. The zero-order chi connectivity index (χ0) is 16.9. The van der Waals surface area contributed by atoms with Crippen molar-refractivity contribution in [3.05, 3.63) is 52.4 Å². The van der Waals surface area contributed by atoms with Gasteiger partial charge in [0.25, 0.3) is 0 Å². The lowest BCUT2D eigenvalue weighted by atomic mass is 10.0. The van der Waals surface area contributed by atoms with Gasteiger partial charge in [0.1, 0.15) is 17.1 Å². The molecule has 1 heterocycles. The first kappa shape index (κ1) is 17.4. The maximum Gasteiger partial charge on any atom is 0.224 e. The molecule has 1 saturated carbocycles. The molecule has 24 heavy (non-hydrogen) atoms. The van der Waals surface area contributed by atoms with Crippen molar-refractivity contribution in [1.82, 2.24) is 15.3 Å². The summed E-state index contributed by atoms with van der Waals surface area (Å²) in [5, 5.41) is 17.7. The summed E-state index contributed by atoms with van der Waals surface area (Å²) in [5.74, 6) is 0.401. The molecule has 2 unspecified atom stereocenters. The molecule has 2 atom stereocenters. The summed E-state index contributed by atoms with van der Waals surface area (Å²) < 4.78 is 0. The van der Waals surface area contributed by atoms with Crippen LogP contribution in [0.25, 0.3) is 0 Å². The van der Waals surface area contributed by atoms with Crippen molar-refractivity contribution in [3.8, 4) is 0 Å². The topological polar surface area (TPSA) is 70.1 Å². The molecule has 128 valence electrons. The van der Waals surface area contributed by atoms with E-state index in [-0.39, 0.29) is 5.28 Å². The summed E-state index contributed by atoms with van der Waals surface area (Å²) in [4.78, 5) is 7.98. The molecule has 5 nitrogen and oxygen atoms in total. The minimum Gasteiger partial charge on any atom is -0.376 e. The van der Waals surface area contributed by atoms with E-state index in [2.05, 4.69) is 20.6 Å². The number of nitrogens with one attached hydrogen (secondary N) is 2. The van der Waals surface area contributed by atoms with Crippen LogP contribution in [-0.2, 0) is 0 Å². The van der Waals surface area contributed by atoms with Crippen molar-refractivity contribution < 1.29 is 5.11 Å². The highest BCUT2D eigenvalue weighted by molar-refractivity contribution is 6.33. The summed E-state index contributed by atoms with van der Waals surface area (Å²) in [6.07, 6.45) is 5.22. The standard InChI is InChI=1S/C17H20Cl2N4O/c18-13-10-20-17(19)23-15(13)22-14(11-6-2-1-3-7-11)16(24)21-12-8-4-5-9-12/h1-3,6-7,10,12,14,16,21,24H,4-5,8-9H2,(H,20,22,23). The van der Waals surface area contributed by atoms with Crippen molar-refractivity contribution >= 4 is 29.0 Å². The molecule has 1 fully saturated rings. The Bertz CT molecular complexity index is 665. The molecule has 0 radical (unpaired) electrons. The lowest BCUT2D eigenvalue weighted by molar-refractivity contribution is 0.102. The highest BCUT2D eigenvalue weighted by Gasteiger charge is 2.26. The number of hydrogen-bond acceptors (Lipinski definition) is 5. The van der Waals surface area contributed by atoms with E-state index in [1.54, 1.807) is 0 Å². The van der Waals surface area contributed by atoms with Crippen LogP contribution in [0.2, 0.25) is 10.3 Å². The van der Waals surface area contributed by atoms with Crippen LogP contribution in [0.15, 0.2) is 36.5 Å². The number of rotatable bonds is 6. The first-order chi connectivity index (χ1) is 11.6. The Morgan fingerprint density at radius 3 is 2.54 bits per heavy atom. The van der Waals surface area contributed by atoms with Crippen molar-refractivity contribution in [1.29, 1.82) is 0 Å². The average Bonchev–Trinajstić information content (AvgIpc) is 3.09. The second-order valence-electron chi connectivity index (χ2n) is 5.96. The van der Waals surface area contributed by atoms with Gasteiger partial charge in [0.05, 0.1) is 12.2 Å². The third-order valence-corrected chi connectivity index (χ3v) is 4.70. The Balaban J connectivity index is 1.82. The molecule has 1 aromatic carbocycles. The number of hydrogen-bond donors (Lipinski definition) is 3. The second-order valence-corrected chi connectivity index (χ2v) is 6.71. The number of aliphatic hydroxyl groups is 1. The molecule has 1 aliphatic rings. The molecule has 2 aromatic rings. The van der Waals surface area contributed by atoms with E-state index in [1.807, 2.05) is 30.3 Å². The molecule has 3 N–H and O–H groups in total. The SMILES string of the molecule is OC(NC1CCCC1)C(Nc1nc(Cl)ncc1Cl)c1ccccc1. The molecule has 0 bridgehead atoms. The smallest absolute Gasteiger partial charge is 0.224 e. The summed E-state index contributed by atoms with van der Waals surface area (Å²) in [6, 6.07) is 9.63. The van der Waals surface area contributed by atoms with E-state index < -0.39 is 12.3 Å². The van der Waals surface area contributed by atoms with Gasteiger partial charge in [0.15, 0.2) is 0 Å². The highest BCUT2D eigenvalue weighted by atomic mass is 35.5. The number of halogens is 2. The van der Waals surface area contributed by atoms with Gasteiger partial charge in [0, 0.05) is 6.04 Å². The van der Waals surface area contributed by atoms with Crippen LogP contribution >= 0.6 is 23.2 Å². The van der Waals surface area contributed by atoms with Gasteiger partial charge in [0.2, 0.25) is 5.28 Å². The first-order valence-corrected chi connectivity index (χ1v) is 8.83. The summed E-state index contributed by atoms with van der Waals surface area (Å²) in [7, 11) is 0. The average molecular weight is 367 g/mol. The van der Waals surface area contributed by atoms with Crippen molar-refractivity contribution in [3.63, 3.8) is 0 Å². The van der Waals surface area contributed by atoms with E-state index in [0.717, 1.165) is 18.4 Å². The molecular formula is C17H20Cl2N4O. The number of nitrogens with zero attached hydrogens (tertiary/aromatic N) is 2. The summed E-state index contributed by atoms with van der Waals surface area (Å²) in [5.41, 5.74) is 0.932. The predicted molar refractivity (Wildman–Crippen MR) is 96.3 cm³/mol. The van der Waals surface area contributed by atoms with E-state index >= 15 is 0 Å². The van der Waals surface area contributed by atoms with E-state index in [4.69, 9.17) is 23.2 Å². The van der Waals surface area contributed by atoms with E-state index in [0.29, 0.717) is 16.9 Å². The Hall–Kier alpha value is -1.40. The van der Waals surface area contributed by atoms with E-state index in [1.165, 1.54) is 19.0 Å². The van der Waals surface area contributed by atoms with Gasteiger partial charge in [-0.25, -0.2) is 4.98 Å². The molecule has 3 rings (SSSR count). The highest BCUT2D eigenvalue weighted by Crippen LogP contribution is 2.27. The molecule has 1 aromatic heterocycles. The fourth-order valence-electron chi connectivity index (χ4n) is 3.03. The minimum absolute atomic E-state index is 0.104. The van der Waals surface area contributed by atoms with Crippen LogP contribution in [0.3, 0.4) is 0 Å². The Morgan fingerprint density at radius 1 is 1.12 bits per heavy atom. The lowest BCUT2D eigenvalue weighted by Gasteiger charge is -2.28. The zero-order valence-corrected chi connectivity index (χ0v) is 14.6. The Kier molecular flexibility index (Phi) is 5.89. The van der Waals surface area contributed by atoms with Gasteiger partial charge in [-0.1, -0.05) is 54.8 Å². The minimum atomic E-state index is -0.777. The van der Waals surface area contributed by atoms with Gasteiger partial charge in [-0.15, -0.1) is 0 Å². The summed E-state index contributed by atoms with van der Waals surface area (Å²) >= 11 is 12.0. The molecule has 0 amide bonds. The van der Waals surface area contributed by atoms with Crippen molar-refractivity contribution in [2.45, 2.75) is 44.0 Å². The lowest BCUT2D eigenvalue weighted by Crippen LogP contribution is -2.43. The molecule has 7 heteroatoms. The van der Waals surface area contributed by atoms with Crippen LogP contribution in [0, 0.1) is 0 Å². The van der Waals surface area contributed by atoms with Crippen LogP contribution in [0.1, 0.15) is 37.3 Å². The third kappa shape index (κ3) is 4.36. The molecule has 0 saturated heterocycles. The molecule has 1 aliphatic carbocycles. The van der Waals surface area contributed by atoms with Crippen molar-refractivity contribution in [2.24, 2.45) is 0 Å². The van der Waals surface area contributed by atoms with Crippen LogP contribution in [0.4, 0.5) is 5.82 Å². The number of aromatic nitrogens is 2. The Labute approximate surface area is 151 Å². The predicted octanol–water partition coefficient (Wildman–Crippen LogP) is 3.79. The monoisotopic (exact) mass is 366 g/mol. The summed E-state index contributed by atoms with van der Waals surface area (Å²) in [6.45, 7) is 0. The number of anilines is 1. The molecule has 0 spiro atoms. The Morgan fingerprint density at radius 2 is 1.83 bits per heavy atom. The van der Waals surface area contributed by atoms with Crippen LogP contribution in [0.5, 0.6) is 0 Å². The third-order valence-electron chi connectivity index (χ3n) is 4.24. The van der Waals surface area contributed by atoms with Gasteiger partial charge in [-0.2, -0.15) is 4.98 Å². The van der Waals surface area contributed by atoms with Crippen LogP contribution in [-0.4, -0.2) is 27.3 Å². The number of aliphatic hydroxyl groups excluding tert-OH is 1. The molecular weight excluding hydrogens is 347 g/mol. The quantitative estimate of drug-likeness (QED) is 0.535. The van der Waals surface area contributed by atoms with Crippen molar-refractivity contribution in [2.75, 3.05) is 5.32 Å². The molecule has 0 aliphatic heterocycles.